The molecule has 6 rings (SSSR count). The van der Waals surface area contributed by atoms with Crippen LogP contribution in [0.2, 0.25) is 0 Å². The van der Waals surface area contributed by atoms with Crippen molar-refractivity contribution in [3.05, 3.63) is 88.0 Å². The van der Waals surface area contributed by atoms with E-state index in [0.717, 1.165) is 29.8 Å². The molecule has 2 amide bonds. The lowest BCUT2D eigenvalue weighted by molar-refractivity contribution is -0.135. The highest BCUT2D eigenvalue weighted by atomic mass is 16.5. The van der Waals surface area contributed by atoms with Crippen molar-refractivity contribution in [2.45, 2.75) is 32.2 Å². The summed E-state index contributed by atoms with van der Waals surface area (Å²) in [5, 5.41) is 0. The largest absolute Gasteiger partial charge is 0.493 e. The Kier molecular flexibility index (Phi) is 6.45. The molecule has 0 aliphatic carbocycles. The summed E-state index contributed by atoms with van der Waals surface area (Å²) in [7, 11) is 3.24. The third-order valence-electron chi connectivity index (χ3n) is 8.80. The molecule has 0 saturated carbocycles. The summed E-state index contributed by atoms with van der Waals surface area (Å²) in [5.41, 5.74) is 7.31. The van der Waals surface area contributed by atoms with E-state index in [4.69, 9.17) is 9.47 Å². The molecule has 202 valence electrons. The third kappa shape index (κ3) is 4.11. The Bertz CT molecular complexity index is 1440. The van der Waals surface area contributed by atoms with E-state index in [2.05, 4.69) is 36.9 Å². The van der Waals surface area contributed by atoms with Crippen LogP contribution in [0.4, 0.5) is 5.69 Å². The lowest BCUT2D eigenvalue weighted by Crippen LogP contribution is -2.54. The SMILES string of the molecule is COc1cc2c(cc1OC)[C@@H]1[C@H](C(=O)N3CCN(c4cccc(C)c4C)CC3)c3ccccc3C(=O)N1CC2. The molecule has 3 aromatic rings. The molecule has 1 saturated heterocycles. The fourth-order valence-electron chi connectivity index (χ4n) is 6.56. The van der Waals surface area contributed by atoms with Crippen molar-refractivity contribution >= 4 is 17.5 Å². The first kappa shape index (κ1) is 25.3. The molecule has 2 atom stereocenters. The zero-order valence-electron chi connectivity index (χ0n) is 23.1. The van der Waals surface area contributed by atoms with Crippen LogP contribution in [-0.4, -0.2) is 68.6 Å². The minimum Gasteiger partial charge on any atom is -0.493 e. The van der Waals surface area contributed by atoms with Crippen LogP contribution in [0, 0.1) is 13.8 Å². The Morgan fingerprint density at radius 3 is 2.31 bits per heavy atom. The van der Waals surface area contributed by atoms with Gasteiger partial charge in [0.15, 0.2) is 11.5 Å². The van der Waals surface area contributed by atoms with Crippen LogP contribution in [0.1, 0.15) is 50.1 Å². The van der Waals surface area contributed by atoms with Gasteiger partial charge < -0.3 is 24.2 Å². The molecule has 3 aromatic carbocycles. The lowest BCUT2D eigenvalue weighted by atomic mass is 9.75. The Morgan fingerprint density at radius 2 is 1.56 bits per heavy atom. The van der Waals surface area contributed by atoms with Crippen molar-refractivity contribution in [2.24, 2.45) is 0 Å². The maximum Gasteiger partial charge on any atom is 0.254 e. The number of benzene rings is 3. The van der Waals surface area contributed by atoms with E-state index >= 15 is 0 Å². The number of carbonyl (C=O) groups is 2. The number of anilines is 1. The van der Waals surface area contributed by atoms with Gasteiger partial charge in [-0.1, -0.05) is 30.3 Å². The molecule has 0 aromatic heterocycles. The van der Waals surface area contributed by atoms with Crippen LogP contribution in [0.25, 0.3) is 0 Å². The van der Waals surface area contributed by atoms with E-state index in [9.17, 15) is 9.59 Å². The molecule has 7 heteroatoms. The van der Waals surface area contributed by atoms with Gasteiger partial charge in [0.2, 0.25) is 5.91 Å². The average Bonchev–Trinajstić information content (AvgIpc) is 2.97. The smallest absolute Gasteiger partial charge is 0.254 e. The van der Waals surface area contributed by atoms with Crippen LogP contribution < -0.4 is 14.4 Å². The topological polar surface area (TPSA) is 62.3 Å². The van der Waals surface area contributed by atoms with E-state index < -0.39 is 5.92 Å². The Balaban J connectivity index is 1.36. The first-order chi connectivity index (χ1) is 18.9. The second-order valence-electron chi connectivity index (χ2n) is 10.7. The minimum absolute atomic E-state index is 0.0140. The molecule has 1 fully saturated rings. The predicted octanol–water partition coefficient (Wildman–Crippen LogP) is 4.51. The molecule has 0 unspecified atom stereocenters. The molecule has 3 heterocycles. The number of nitrogens with zero attached hydrogens (tertiary/aromatic N) is 3. The summed E-state index contributed by atoms with van der Waals surface area (Å²) in [5.74, 6) is 0.853. The number of amides is 2. The second-order valence-corrected chi connectivity index (χ2v) is 10.7. The van der Waals surface area contributed by atoms with Crippen molar-refractivity contribution in [1.29, 1.82) is 0 Å². The van der Waals surface area contributed by atoms with Gasteiger partial charge in [-0.05, 0) is 72.4 Å². The standard InChI is InChI=1S/C32H35N3O4/c1-20-8-7-11-26(21(20)2)33-14-16-34(17-15-33)32(37)29-23-9-5-6-10-24(23)31(36)35-13-12-22-18-27(38-3)28(39-4)19-25(22)30(29)35/h5-11,18-19,29-30H,12-17H2,1-4H3/t29-,30-/m1/s1. The molecule has 0 spiro atoms. The van der Waals surface area contributed by atoms with Crippen molar-refractivity contribution in [3.63, 3.8) is 0 Å². The Hall–Kier alpha value is -4.00. The highest BCUT2D eigenvalue weighted by Gasteiger charge is 2.48. The number of methoxy groups -OCH3 is 2. The summed E-state index contributed by atoms with van der Waals surface area (Å²) in [6, 6.07) is 17.6. The zero-order chi connectivity index (χ0) is 27.3. The van der Waals surface area contributed by atoms with Gasteiger partial charge in [-0.25, -0.2) is 0 Å². The van der Waals surface area contributed by atoms with E-state index in [0.29, 0.717) is 43.1 Å². The molecule has 7 nitrogen and oxygen atoms in total. The number of aryl methyl sites for hydroxylation is 1. The highest BCUT2D eigenvalue weighted by molar-refractivity contribution is 6.01. The summed E-state index contributed by atoms with van der Waals surface area (Å²) >= 11 is 0. The van der Waals surface area contributed by atoms with Gasteiger partial charge in [0, 0.05) is 44.0 Å². The number of piperazine rings is 1. The van der Waals surface area contributed by atoms with Crippen molar-refractivity contribution < 1.29 is 19.1 Å². The maximum absolute atomic E-state index is 14.4. The molecule has 0 N–H and O–H groups in total. The number of hydrogen-bond acceptors (Lipinski definition) is 5. The van der Waals surface area contributed by atoms with Gasteiger partial charge in [0.25, 0.3) is 5.91 Å². The molecule has 0 bridgehead atoms. The molecule has 3 aliphatic rings. The van der Waals surface area contributed by atoms with E-state index in [1.165, 1.54) is 16.8 Å². The van der Waals surface area contributed by atoms with Crippen LogP contribution >= 0.6 is 0 Å². The number of fused-ring (bicyclic) bond motifs is 4. The average molecular weight is 526 g/mol. The number of hydrogen-bond donors (Lipinski definition) is 0. The first-order valence-corrected chi connectivity index (χ1v) is 13.7. The van der Waals surface area contributed by atoms with Crippen LogP contribution in [-0.2, 0) is 11.2 Å². The monoisotopic (exact) mass is 525 g/mol. The number of carbonyl (C=O) groups excluding carboxylic acids is 2. The molecule has 39 heavy (non-hydrogen) atoms. The van der Waals surface area contributed by atoms with Crippen molar-refractivity contribution in [2.75, 3.05) is 51.8 Å². The normalized spacial score (nSPS) is 20.2. The Labute approximate surface area is 229 Å². The van der Waals surface area contributed by atoms with E-state index in [1.54, 1.807) is 14.2 Å². The van der Waals surface area contributed by atoms with Gasteiger partial charge in [0.05, 0.1) is 26.2 Å². The van der Waals surface area contributed by atoms with Crippen LogP contribution in [0.15, 0.2) is 54.6 Å². The first-order valence-electron chi connectivity index (χ1n) is 13.7. The highest BCUT2D eigenvalue weighted by Crippen LogP contribution is 2.49. The van der Waals surface area contributed by atoms with Gasteiger partial charge in [-0.3, -0.25) is 9.59 Å². The van der Waals surface area contributed by atoms with Crippen molar-refractivity contribution in [3.8, 4) is 11.5 Å². The fourth-order valence-corrected chi connectivity index (χ4v) is 6.56. The zero-order valence-corrected chi connectivity index (χ0v) is 23.1. The maximum atomic E-state index is 14.4. The quantitative estimate of drug-likeness (QED) is 0.502. The number of rotatable bonds is 4. The fraction of sp³-hybridized carbons (Fsp3) is 0.375. The molecule has 0 radical (unpaired) electrons. The van der Waals surface area contributed by atoms with Gasteiger partial charge in [-0.2, -0.15) is 0 Å². The van der Waals surface area contributed by atoms with Gasteiger partial charge >= 0.3 is 0 Å². The number of ether oxygens (including phenoxy) is 2. The molecular weight excluding hydrogens is 490 g/mol. The van der Waals surface area contributed by atoms with Crippen LogP contribution in [0.3, 0.4) is 0 Å². The summed E-state index contributed by atoms with van der Waals surface area (Å²) in [6.07, 6.45) is 0.704. The predicted molar refractivity (Wildman–Crippen MR) is 151 cm³/mol. The molecule has 3 aliphatic heterocycles. The molecular formula is C32H35N3O4. The summed E-state index contributed by atoms with van der Waals surface area (Å²) in [6.45, 7) is 7.70. The van der Waals surface area contributed by atoms with Crippen LogP contribution in [0.5, 0.6) is 11.5 Å². The van der Waals surface area contributed by atoms with Crippen molar-refractivity contribution in [1.82, 2.24) is 9.80 Å². The lowest BCUT2D eigenvalue weighted by Gasteiger charge is -2.47. The van der Waals surface area contributed by atoms with Gasteiger partial charge in [-0.15, -0.1) is 0 Å². The van der Waals surface area contributed by atoms with E-state index in [1.807, 2.05) is 46.2 Å². The minimum atomic E-state index is -0.483. The van der Waals surface area contributed by atoms with Gasteiger partial charge in [0.1, 0.15) is 0 Å². The second kappa shape index (κ2) is 9.95. The third-order valence-corrected chi connectivity index (χ3v) is 8.80. The summed E-state index contributed by atoms with van der Waals surface area (Å²) < 4.78 is 11.2. The van der Waals surface area contributed by atoms with E-state index in [-0.39, 0.29) is 17.9 Å². The Morgan fingerprint density at radius 1 is 0.846 bits per heavy atom. The summed E-state index contributed by atoms with van der Waals surface area (Å²) in [4.78, 5) is 34.4.